The molecule has 0 spiro atoms. The van der Waals surface area contributed by atoms with Gasteiger partial charge in [-0.1, -0.05) is 12.1 Å². The number of pyridine rings is 1. The Morgan fingerprint density at radius 2 is 1.50 bits per heavy atom. The van der Waals surface area contributed by atoms with Crippen molar-refractivity contribution in [2.75, 3.05) is 44.2 Å². The number of hydrogen-bond acceptors (Lipinski definition) is 4. The van der Waals surface area contributed by atoms with Crippen LogP contribution in [-0.2, 0) is 6.42 Å². The third-order valence-electron chi connectivity index (χ3n) is 4.28. The Hall–Kier alpha value is -1.91. The van der Waals surface area contributed by atoms with Crippen molar-refractivity contribution in [3.8, 4) is 0 Å². The minimum atomic E-state index is 0.754. The molecule has 1 aromatic heterocycles. The molecule has 1 aliphatic rings. The van der Waals surface area contributed by atoms with Gasteiger partial charge in [0.15, 0.2) is 0 Å². The minimum absolute atomic E-state index is 0.754. The summed E-state index contributed by atoms with van der Waals surface area (Å²) in [6.07, 6.45) is 4.67. The number of piperazine rings is 1. The van der Waals surface area contributed by atoms with Crippen LogP contribution in [0.15, 0.2) is 48.8 Å². The zero-order valence-electron chi connectivity index (χ0n) is 13.0. The Labute approximate surface area is 132 Å². The van der Waals surface area contributed by atoms with Crippen LogP contribution in [0.5, 0.6) is 0 Å². The van der Waals surface area contributed by atoms with E-state index in [0.717, 1.165) is 45.7 Å². The number of benzene rings is 1. The molecule has 1 aliphatic heterocycles. The van der Waals surface area contributed by atoms with E-state index in [1.165, 1.54) is 16.8 Å². The molecule has 0 unspecified atom stereocenters. The molecule has 2 heterocycles. The van der Waals surface area contributed by atoms with Crippen LogP contribution in [0, 0.1) is 0 Å². The molecule has 2 aromatic rings. The number of aromatic nitrogens is 1. The summed E-state index contributed by atoms with van der Waals surface area (Å²) in [6, 6.07) is 13.1. The van der Waals surface area contributed by atoms with Crippen LogP contribution in [0.1, 0.15) is 11.1 Å². The summed E-state index contributed by atoms with van der Waals surface area (Å²) in [4.78, 5) is 8.96. The van der Waals surface area contributed by atoms with Crippen LogP contribution < -0.4 is 10.6 Å². The predicted molar refractivity (Wildman–Crippen MR) is 91.2 cm³/mol. The molecule has 0 atom stereocenters. The third kappa shape index (κ3) is 3.84. The smallest absolute Gasteiger partial charge is 0.0367 e. The van der Waals surface area contributed by atoms with E-state index in [1.807, 2.05) is 12.4 Å². The summed E-state index contributed by atoms with van der Waals surface area (Å²) in [5.41, 5.74) is 9.60. The summed E-state index contributed by atoms with van der Waals surface area (Å²) in [6.45, 7) is 6.15. The van der Waals surface area contributed by atoms with Crippen molar-refractivity contribution < 1.29 is 0 Å². The third-order valence-corrected chi connectivity index (χ3v) is 4.28. The highest BCUT2D eigenvalue weighted by molar-refractivity contribution is 5.48. The number of nitrogens with zero attached hydrogens (tertiary/aromatic N) is 3. The van der Waals surface area contributed by atoms with Gasteiger partial charge in [-0.05, 0) is 41.8 Å². The molecule has 0 saturated carbocycles. The maximum absolute atomic E-state index is 5.63. The van der Waals surface area contributed by atoms with E-state index in [0.29, 0.717) is 0 Å². The summed E-state index contributed by atoms with van der Waals surface area (Å²) in [5.74, 6) is 0. The lowest BCUT2D eigenvalue weighted by Gasteiger charge is -2.36. The van der Waals surface area contributed by atoms with Gasteiger partial charge in [0.25, 0.3) is 0 Å². The normalized spacial score (nSPS) is 16.0. The van der Waals surface area contributed by atoms with E-state index in [-0.39, 0.29) is 0 Å². The van der Waals surface area contributed by atoms with E-state index >= 15 is 0 Å². The largest absolute Gasteiger partial charge is 0.369 e. The van der Waals surface area contributed by atoms with E-state index in [4.69, 9.17) is 5.73 Å². The van der Waals surface area contributed by atoms with Crippen LogP contribution in [0.25, 0.3) is 0 Å². The minimum Gasteiger partial charge on any atom is -0.369 e. The van der Waals surface area contributed by atoms with Crippen molar-refractivity contribution in [1.82, 2.24) is 9.88 Å². The Bertz CT molecular complexity index is 559. The monoisotopic (exact) mass is 296 g/mol. The Balaban J connectivity index is 1.58. The lowest BCUT2D eigenvalue weighted by molar-refractivity contribution is 0.265. The Morgan fingerprint density at radius 3 is 2.14 bits per heavy atom. The van der Waals surface area contributed by atoms with Gasteiger partial charge in [-0.25, -0.2) is 0 Å². The summed E-state index contributed by atoms with van der Waals surface area (Å²) < 4.78 is 0. The number of rotatable bonds is 5. The van der Waals surface area contributed by atoms with E-state index < -0.39 is 0 Å². The van der Waals surface area contributed by atoms with E-state index in [2.05, 4.69) is 51.2 Å². The molecule has 1 fully saturated rings. The van der Waals surface area contributed by atoms with Crippen molar-refractivity contribution in [1.29, 1.82) is 0 Å². The second-order valence-corrected chi connectivity index (χ2v) is 5.82. The first-order valence-corrected chi connectivity index (χ1v) is 8.00. The Morgan fingerprint density at radius 1 is 0.864 bits per heavy atom. The van der Waals surface area contributed by atoms with Gasteiger partial charge < -0.3 is 10.6 Å². The molecule has 1 saturated heterocycles. The summed E-state index contributed by atoms with van der Waals surface area (Å²) in [7, 11) is 0. The van der Waals surface area contributed by atoms with Gasteiger partial charge in [0, 0.05) is 57.3 Å². The molecule has 4 nitrogen and oxygen atoms in total. The topological polar surface area (TPSA) is 45.4 Å². The molecule has 4 heteroatoms. The second kappa shape index (κ2) is 7.38. The molecule has 2 N–H and O–H groups in total. The Kier molecular flexibility index (Phi) is 5.03. The summed E-state index contributed by atoms with van der Waals surface area (Å²) >= 11 is 0. The highest BCUT2D eigenvalue weighted by Gasteiger charge is 2.16. The van der Waals surface area contributed by atoms with Crippen molar-refractivity contribution in [2.24, 2.45) is 5.73 Å². The molecule has 22 heavy (non-hydrogen) atoms. The molecule has 0 radical (unpaired) electrons. The predicted octanol–water partition coefficient (Wildman–Crippen LogP) is 1.75. The number of hydrogen-bond donors (Lipinski definition) is 1. The van der Waals surface area contributed by atoms with Crippen LogP contribution in [0.4, 0.5) is 5.69 Å². The fourth-order valence-corrected chi connectivity index (χ4v) is 2.97. The molecule has 0 amide bonds. The van der Waals surface area contributed by atoms with Crippen LogP contribution >= 0.6 is 0 Å². The van der Waals surface area contributed by atoms with Crippen LogP contribution in [0.2, 0.25) is 0 Å². The SMILES string of the molecule is NCCN1CCN(c2ccc(Cc3ccncc3)cc2)CC1. The first-order chi connectivity index (χ1) is 10.8. The van der Waals surface area contributed by atoms with Gasteiger partial charge >= 0.3 is 0 Å². The molecule has 0 bridgehead atoms. The molecule has 0 aliphatic carbocycles. The molecular weight excluding hydrogens is 272 g/mol. The van der Waals surface area contributed by atoms with Gasteiger partial charge in [-0.3, -0.25) is 9.88 Å². The van der Waals surface area contributed by atoms with Crippen LogP contribution in [0.3, 0.4) is 0 Å². The standard InChI is InChI=1S/C18H24N4/c19-7-10-21-11-13-22(14-12-21)18-3-1-16(2-4-18)15-17-5-8-20-9-6-17/h1-6,8-9H,7,10-15,19H2. The number of nitrogens with two attached hydrogens (primary N) is 1. The first-order valence-electron chi connectivity index (χ1n) is 8.00. The fraction of sp³-hybridized carbons (Fsp3) is 0.389. The van der Waals surface area contributed by atoms with Gasteiger partial charge in [-0.15, -0.1) is 0 Å². The maximum Gasteiger partial charge on any atom is 0.0367 e. The average molecular weight is 296 g/mol. The summed E-state index contributed by atoms with van der Waals surface area (Å²) in [5, 5.41) is 0. The van der Waals surface area contributed by atoms with E-state index in [9.17, 15) is 0 Å². The highest BCUT2D eigenvalue weighted by atomic mass is 15.3. The zero-order valence-corrected chi connectivity index (χ0v) is 13.0. The van der Waals surface area contributed by atoms with Gasteiger partial charge in [0.1, 0.15) is 0 Å². The fourth-order valence-electron chi connectivity index (χ4n) is 2.97. The molecular formula is C18H24N4. The van der Waals surface area contributed by atoms with Crippen molar-refractivity contribution >= 4 is 5.69 Å². The van der Waals surface area contributed by atoms with E-state index in [1.54, 1.807) is 0 Å². The zero-order chi connectivity index (χ0) is 15.2. The first kappa shape index (κ1) is 15.0. The van der Waals surface area contributed by atoms with Gasteiger partial charge in [-0.2, -0.15) is 0 Å². The van der Waals surface area contributed by atoms with Crippen molar-refractivity contribution in [3.63, 3.8) is 0 Å². The quantitative estimate of drug-likeness (QED) is 0.913. The highest BCUT2D eigenvalue weighted by Crippen LogP contribution is 2.18. The average Bonchev–Trinajstić information content (AvgIpc) is 2.58. The van der Waals surface area contributed by atoms with Gasteiger partial charge in [0.2, 0.25) is 0 Å². The second-order valence-electron chi connectivity index (χ2n) is 5.82. The van der Waals surface area contributed by atoms with Crippen molar-refractivity contribution in [3.05, 3.63) is 59.9 Å². The molecule has 3 rings (SSSR count). The molecule has 1 aromatic carbocycles. The molecule has 116 valence electrons. The van der Waals surface area contributed by atoms with Crippen LogP contribution in [-0.4, -0.2) is 49.2 Å². The lowest BCUT2D eigenvalue weighted by Crippen LogP contribution is -2.47. The number of anilines is 1. The van der Waals surface area contributed by atoms with Crippen molar-refractivity contribution in [2.45, 2.75) is 6.42 Å². The van der Waals surface area contributed by atoms with Gasteiger partial charge in [0.05, 0.1) is 0 Å². The maximum atomic E-state index is 5.63. The lowest BCUT2D eigenvalue weighted by atomic mass is 10.1.